The number of aromatic nitrogens is 4. The molecule has 10 heteroatoms. The van der Waals surface area contributed by atoms with E-state index in [1.807, 2.05) is 131 Å². The molecule has 0 unspecified atom stereocenters. The molecule has 0 saturated carbocycles. The molecule has 0 radical (unpaired) electrons. The first-order valence-corrected chi connectivity index (χ1v) is 19.1. The van der Waals surface area contributed by atoms with E-state index in [0.29, 0.717) is 13.1 Å². The third-order valence-corrected chi connectivity index (χ3v) is 10.8. The highest BCUT2D eigenvalue weighted by Gasteiger charge is 2.37. The Morgan fingerprint density at radius 1 is 0.607 bits per heavy atom. The van der Waals surface area contributed by atoms with Crippen LogP contribution in [-0.2, 0) is 19.1 Å². The predicted molar refractivity (Wildman–Crippen MR) is 214 cm³/mol. The smallest absolute Gasteiger partial charge is 0.256 e. The highest BCUT2D eigenvalue weighted by molar-refractivity contribution is 5.83. The van der Waals surface area contributed by atoms with Gasteiger partial charge in [0.25, 0.3) is 11.8 Å². The van der Waals surface area contributed by atoms with Gasteiger partial charge in [0.15, 0.2) is 12.2 Å². The number of nitrogens with one attached hydrogen (secondary N) is 2. The van der Waals surface area contributed by atoms with E-state index in [2.05, 4.69) is 21.8 Å². The molecule has 2 fully saturated rings. The standard InChI is InChI=1S/C46H44N6O4/c1-55-41(35-11-5-3-6-12-35)45(53)51-27-9-15-39(51)43-47-29-37(49-43)33-23-19-31(20-24-33)17-18-32-21-25-34(26-22-32)38-30-48-44(50-38)40-16-10-28-52(40)46(54)42(56-2)36-13-7-4-8-14-36/h3-8,11-14,19-26,29-30,39-42H,9-10,15-16,27-28H2,1-2H3,(H,47,49)(H,48,50)/t39-,40-,41+,42+/m0/s1. The number of rotatable bonds is 10. The molecule has 10 nitrogen and oxygen atoms in total. The van der Waals surface area contributed by atoms with Gasteiger partial charge in [-0.3, -0.25) is 9.59 Å². The molecule has 4 heterocycles. The molecular formula is C46H44N6O4. The van der Waals surface area contributed by atoms with E-state index in [4.69, 9.17) is 19.4 Å². The van der Waals surface area contributed by atoms with Crippen molar-refractivity contribution in [2.75, 3.05) is 27.3 Å². The Labute approximate surface area is 326 Å². The van der Waals surface area contributed by atoms with Gasteiger partial charge in [-0.2, -0.15) is 0 Å². The Morgan fingerprint density at radius 2 is 1.00 bits per heavy atom. The fourth-order valence-electron chi connectivity index (χ4n) is 7.86. The van der Waals surface area contributed by atoms with Gasteiger partial charge in [0.2, 0.25) is 0 Å². The van der Waals surface area contributed by atoms with E-state index >= 15 is 0 Å². The van der Waals surface area contributed by atoms with E-state index in [1.165, 1.54) is 0 Å². The van der Waals surface area contributed by atoms with Crippen molar-refractivity contribution in [3.63, 3.8) is 0 Å². The number of hydrogen-bond donors (Lipinski definition) is 2. The average Bonchev–Trinajstić information content (AvgIpc) is 4.09. The van der Waals surface area contributed by atoms with Crippen LogP contribution in [0.5, 0.6) is 0 Å². The lowest BCUT2D eigenvalue weighted by Gasteiger charge is -2.27. The summed E-state index contributed by atoms with van der Waals surface area (Å²) in [5.74, 6) is 8.02. The van der Waals surface area contributed by atoms with Crippen molar-refractivity contribution in [2.45, 2.75) is 50.0 Å². The van der Waals surface area contributed by atoms with E-state index in [1.54, 1.807) is 14.2 Å². The van der Waals surface area contributed by atoms with Crippen molar-refractivity contribution in [3.8, 4) is 34.4 Å². The molecule has 56 heavy (non-hydrogen) atoms. The van der Waals surface area contributed by atoms with Crippen LogP contribution in [0.3, 0.4) is 0 Å². The van der Waals surface area contributed by atoms with Crippen LogP contribution in [0, 0.1) is 11.8 Å². The van der Waals surface area contributed by atoms with Crippen LogP contribution in [0.15, 0.2) is 122 Å². The van der Waals surface area contributed by atoms with Gasteiger partial charge in [-0.25, -0.2) is 9.97 Å². The fourth-order valence-corrected chi connectivity index (χ4v) is 7.86. The molecular weight excluding hydrogens is 701 g/mol. The van der Waals surface area contributed by atoms with Gasteiger partial charge in [-0.15, -0.1) is 0 Å². The van der Waals surface area contributed by atoms with Gasteiger partial charge in [-0.1, -0.05) is 96.8 Å². The summed E-state index contributed by atoms with van der Waals surface area (Å²) in [6.07, 6.45) is 5.87. The Kier molecular flexibility index (Phi) is 10.9. The topological polar surface area (TPSA) is 116 Å². The summed E-state index contributed by atoms with van der Waals surface area (Å²) in [5, 5.41) is 0. The highest BCUT2D eigenvalue weighted by Crippen LogP contribution is 2.36. The van der Waals surface area contributed by atoms with Gasteiger partial charge in [0, 0.05) is 38.4 Å². The lowest BCUT2D eigenvalue weighted by Crippen LogP contribution is -2.35. The van der Waals surface area contributed by atoms with Crippen LogP contribution >= 0.6 is 0 Å². The summed E-state index contributed by atoms with van der Waals surface area (Å²) in [6, 6.07) is 35.1. The van der Waals surface area contributed by atoms with E-state index < -0.39 is 12.2 Å². The predicted octanol–water partition coefficient (Wildman–Crippen LogP) is 7.97. The van der Waals surface area contributed by atoms with Crippen LogP contribution in [0.4, 0.5) is 0 Å². The van der Waals surface area contributed by atoms with Crippen molar-refractivity contribution < 1.29 is 19.1 Å². The molecule has 2 aliphatic rings. The van der Waals surface area contributed by atoms with Crippen LogP contribution in [-0.4, -0.2) is 68.9 Å². The van der Waals surface area contributed by atoms with Crippen molar-refractivity contribution in [2.24, 2.45) is 0 Å². The maximum Gasteiger partial charge on any atom is 0.256 e. The van der Waals surface area contributed by atoms with Crippen molar-refractivity contribution in [3.05, 3.63) is 155 Å². The van der Waals surface area contributed by atoms with Crippen LogP contribution < -0.4 is 0 Å². The zero-order valence-electron chi connectivity index (χ0n) is 31.5. The van der Waals surface area contributed by atoms with Crippen LogP contribution in [0.25, 0.3) is 22.5 Å². The fraction of sp³-hybridized carbons (Fsp3) is 0.261. The third-order valence-electron chi connectivity index (χ3n) is 10.8. The van der Waals surface area contributed by atoms with Gasteiger partial charge >= 0.3 is 0 Å². The Bertz CT molecular complexity index is 2160. The van der Waals surface area contributed by atoms with Gasteiger partial charge in [0.1, 0.15) is 11.6 Å². The van der Waals surface area contributed by atoms with E-state index in [0.717, 1.165) is 82.1 Å². The number of amides is 2. The minimum atomic E-state index is -0.647. The number of carbonyl (C=O) groups excluding carboxylic acids is 2. The minimum Gasteiger partial charge on any atom is -0.367 e. The Hall–Kier alpha value is -6.28. The number of methoxy groups -OCH3 is 2. The van der Waals surface area contributed by atoms with Crippen LogP contribution in [0.1, 0.15) is 83.9 Å². The second-order valence-corrected chi connectivity index (χ2v) is 14.2. The number of ether oxygens (including phenoxy) is 2. The molecule has 0 spiro atoms. The van der Waals surface area contributed by atoms with Gasteiger partial charge < -0.3 is 29.2 Å². The number of hydrogen-bond acceptors (Lipinski definition) is 6. The minimum absolute atomic E-state index is 0.0478. The third kappa shape index (κ3) is 7.65. The molecule has 2 N–H and O–H groups in total. The molecule has 2 saturated heterocycles. The monoisotopic (exact) mass is 744 g/mol. The average molecular weight is 745 g/mol. The van der Waals surface area contributed by atoms with Gasteiger partial charge in [0.05, 0.1) is 35.9 Å². The summed E-state index contributed by atoms with van der Waals surface area (Å²) in [7, 11) is 3.16. The van der Waals surface area contributed by atoms with Crippen molar-refractivity contribution >= 4 is 11.8 Å². The Balaban J connectivity index is 0.896. The summed E-state index contributed by atoms with van der Waals surface area (Å²) < 4.78 is 11.3. The van der Waals surface area contributed by atoms with E-state index in [9.17, 15) is 9.59 Å². The second-order valence-electron chi connectivity index (χ2n) is 14.2. The lowest BCUT2D eigenvalue weighted by molar-refractivity contribution is -0.144. The zero-order chi connectivity index (χ0) is 38.4. The quantitative estimate of drug-likeness (QED) is 0.138. The molecule has 2 aliphatic heterocycles. The summed E-state index contributed by atoms with van der Waals surface area (Å²) in [5.41, 5.74) is 7.25. The first-order chi connectivity index (χ1) is 27.5. The molecule has 6 aromatic rings. The number of imidazole rings is 2. The first-order valence-electron chi connectivity index (χ1n) is 19.1. The van der Waals surface area contributed by atoms with Crippen molar-refractivity contribution in [1.82, 2.24) is 29.7 Å². The Morgan fingerprint density at radius 3 is 1.38 bits per heavy atom. The number of aromatic amines is 2. The number of nitrogens with zero attached hydrogens (tertiary/aromatic N) is 4. The van der Waals surface area contributed by atoms with Gasteiger partial charge in [-0.05, 0) is 72.2 Å². The largest absolute Gasteiger partial charge is 0.367 e. The van der Waals surface area contributed by atoms with Crippen LogP contribution in [0.2, 0.25) is 0 Å². The van der Waals surface area contributed by atoms with E-state index in [-0.39, 0.29) is 23.9 Å². The molecule has 0 aliphatic carbocycles. The van der Waals surface area contributed by atoms with Crippen molar-refractivity contribution in [1.29, 1.82) is 0 Å². The number of benzene rings is 4. The summed E-state index contributed by atoms with van der Waals surface area (Å²) in [4.78, 5) is 47.3. The summed E-state index contributed by atoms with van der Waals surface area (Å²) >= 11 is 0. The number of likely N-dealkylation sites (tertiary alicyclic amines) is 2. The SMILES string of the molecule is CO[C@@H](C(=O)N1CCC[C@H]1c1ncc(-c2ccc(C#Cc3ccc(-c4cnc([C@@H]5CCCN5C(=O)[C@H](OC)c5ccccc5)[nH]4)cc3)cc2)[nH]1)c1ccccc1. The molecule has 0 bridgehead atoms. The molecule has 4 atom stereocenters. The second kappa shape index (κ2) is 16.6. The lowest BCUT2D eigenvalue weighted by atomic mass is 10.1. The summed E-state index contributed by atoms with van der Waals surface area (Å²) in [6.45, 7) is 1.33. The molecule has 2 aromatic heterocycles. The molecule has 2 amide bonds. The normalized spacial score (nSPS) is 17.7. The molecule has 4 aromatic carbocycles. The number of carbonyl (C=O) groups is 2. The number of H-pyrrole nitrogens is 2. The maximum atomic E-state index is 13.6. The maximum absolute atomic E-state index is 13.6. The zero-order valence-corrected chi connectivity index (χ0v) is 31.5. The first kappa shape index (κ1) is 36.7. The molecule has 8 rings (SSSR count). The highest BCUT2D eigenvalue weighted by atomic mass is 16.5. The molecule has 282 valence electrons.